The van der Waals surface area contributed by atoms with Crippen molar-refractivity contribution in [2.45, 2.75) is 12.6 Å². The second-order valence-corrected chi connectivity index (χ2v) is 6.64. The van der Waals surface area contributed by atoms with Crippen molar-refractivity contribution in [3.8, 4) is 0 Å². The van der Waals surface area contributed by atoms with Crippen LogP contribution in [0.2, 0.25) is 10.0 Å². The van der Waals surface area contributed by atoms with Gasteiger partial charge in [-0.15, -0.1) is 0 Å². The Labute approximate surface area is 155 Å². The van der Waals surface area contributed by atoms with Gasteiger partial charge in [-0.2, -0.15) is 5.10 Å². The third-order valence-electron chi connectivity index (χ3n) is 4.02. The van der Waals surface area contributed by atoms with Crippen molar-refractivity contribution in [1.29, 1.82) is 0 Å². The van der Waals surface area contributed by atoms with Crippen LogP contribution < -0.4 is 10.6 Å². The molecule has 1 aromatic carbocycles. The first-order chi connectivity index (χ1) is 12.1. The van der Waals surface area contributed by atoms with Crippen molar-refractivity contribution in [1.82, 2.24) is 25.4 Å². The normalized spacial score (nSPS) is 20.9. The lowest BCUT2D eigenvalue weighted by Gasteiger charge is -2.25. The molecule has 9 heteroatoms. The van der Waals surface area contributed by atoms with E-state index in [9.17, 15) is 4.79 Å². The number of nitrogens with zero attached hydrogens (tertiary/aromatic N) is 3. The molecule has 1 saturated heterocycles. The molecule has 1 aliphatic heterocycles. The lowest BCUT2D eigenvalue weighted by molar-refractivity contribution is -0.122. The summed E-state index contributed by atoms with van der Waals surface area (Å²) in [6.07, 6.45) is 2.74. The van der Waals surface area contributed by atoms with Crippen molar-refractivity contribution in [2.24, 2.45) is 5.92 Å². The number of carbonyl (C=O) groups is 1. The highest BCUT2D eigenvalue weighted by Gasteiger charge is 2.27. The predicted octanol–water partition coefficient (Wildman–Crippen LogP) is 1.68. The lowest BCUT2D eigenvalue weighted by Crippen LogP contribution is -2.37. The van der Waals surface area contributed by atoms with E-state index in [-0.39, 0.29) is 24.5 Å². The SMILES string of the molecule is O=C(Cn1cncn1)NCC1CNCCOC1c1ccc(Cl)c(Cl)c1. The molecule has 1 aromatic heterocycles. The molecule has 134 valence electrons. The molecule has 2 N–H and O–H groups in total. The number of rotatable bonds is 5. The smallest absolute Gasteiger partial charge is 0.241 e. The van der Waals surface area contributed by atoms with Gasteiger partial charge in [0.05, 0.1) is 22.8 Å². The highest BCUT2D eigenvalue weighted by atomic mass is 35.5. The number of aromatic nitrogens is 3. The van der Waals surface area contributed by atoms with Crippen molar-refractivity contribution < 1.29 is 9.53 Å². The number of hydrogen-bond acceptors (Lipinski definition) is 5. The monoisotopic (exact) mass is 383 g/mol. The zero-order valence-electron chi connectivity index (χ0n) is 13.5. The van der Waals surface area contributed by atoms with Crippen LogP contribution in [0.5, 0.6) is 0 Å². The van der Waals surface area contributed by atoms with Crippen molar-refractivity contribution >= 4 is 29.1 Å². The van der Waals surface area contributed by atoms with E-state index in [0.29, 0.717) is 23.2 Å². The number of amides is 1. The number of benzene rings is 1. The van der Waals surface area contributed by atoms with Crippen LogP contribution in [0, 0.1) is 5.92 Å². The van der Waals surface area contributed by atoms with Gasteiger partial charge in [0.1, 0.15) is 19.2 Å². The van der Waals surface area contributed by atoms with Gasteiger partial charge in [-0.3, -0.25) is 4.79 Å². The van der Waals surface area contributed by atoms with Gasteiger partial charge in [0.15, 0.2) is 0 Å². The Morgan fingerprint density at radius 2 is 2.28 bits per heavy atom. The van der Waals surface area contributed by atoms with Gasteiger partial charge in [-0.1, -0.05) is 29.3 Å². The maximum absolute atomic E-state index is 12.1. The van der Waals surface area contributed by atoms with E-state index in [4.69, 9.17) is 27.9 Å². The molecule has 0 spiro atoms. The summed E-state index contributed by atoms with van der Waals surface area (Å²) in [5, 5.41) is 11.2. The Bertz CT molecular complexity index is 711. The van der Waals surface area contributed by atoms with Crippen LogP contribution in [-0.4, -0.2) is 46.9 Å². The second kappa shape index (κ2) is 8.62. The molecule has 2 unspecified atom stereocenters. The molecule has 2 atom stereocenters. The van der Waals surface area contributed by atoms with Gasteiger partial charge in [0.2, 0.25) is 5.91 Å². The average Bonchev–Trinajstić information content (AvgIpc) is 2.98. The summed E-state index contributed by atoms with van der Waals surface area (Å²) in [5.74, 6) is -0.0536. The molecule has 3 rings (SSSR count). The fourth-order valence-electron chi connectivity index (χ4n) is 2.79. The molecule has 2 aromatic rings. The third-order valence-corrected chi connectivity index (χ3v) is 4.76. The maximum Gasteiger partial charge on any atom is 0.241 e. The second-order valence-electron chi connectivity index (χ2n) is 5.83. The zero-order valence-corrected chi connectivity index (χ0v) is 15.0. The van der Waals surface area contributed by atoms with Crippen LogP contribution in [0.4, 0.5) is 0 Å². The van der Waals surface area contributed by atoms with Crippen LogP contribution in [0.25, 0.3) is 0 Å². The first-order valence-corrected chi connectivity index (χ1v) is 8.75. The minimum Gasteiger partial charge on any atom is -0.372 e. The maximum atomic E-state index is 12.1. The van der Waals surface area contributed by atoms with Gasteiger partial charge < -0.3 is 15.4 Å². The molecule has 0 saturated carbocycles. The molecule has 1 fully saturated rings. The van der Waals surface area contributed by atoms with Crippen LogP contribution in [0.3, 0.4) is 0 Å². The topological polar surface area (TPSA) is 81.1 Å². The largest absolute Gasteiger partial charge is 0.372 e. The van der Waals surface area contributed by atoms with E-state index >= 15 is 0 Å². The molecule has 1 aliphatic rings. The first-order valence-electron chi connectivity index (χ1n) is 8.00. The van der Waals surface area contributed by atoms with Gasteiger partial charge >= 0.3 is 0 Å². The lowest BCUT2D eigenvalue weighted by atomic mass is 9.95. The van der Waals surface area contributed by atoms with E-state index < -0.39 is 0 Å². The zero-order chi connectivity index (χ0) is 17.6. The average molecular weight is 384 g/mol. The molecular formula is C16H19Cl2N5O2. The Morgan fingerprint density at radius 1 is 1.40 bits per heavy atom. The van der Waals surface area contributed by atoms with Gasteiger partial charge in [-0.25, -0.2) is 9.67 Å². The van der Waals surface area contributed by atoms with Gasteiger partial charge in [0, 0.05) is 25.6 Å². The Morgan fingerprint density at radius 3 is 3.04 bits per heavy atom. The number of nitrogens with one attached hydrogen (secondary N) is 2. The summed E-state index contributed by atoms with van der Waals surface area (Å²) in [5.41, 5.74) is 0.952. The van der Waals surface area contributed by atoms with E-state index in [2.05, 4.69) is 20.7 Å². The van der Waals surface area contributed by atoms with E-state index in [1.165, 1.54) is 17.3 Å². The van der Waals surface area contributed by atoms with E-state index in [1.807, 2.05) is 12.1 Å². The predicted molar refractivity (Wildman–Crippen MR) is 94.5 cm³/mol. The minimum atomic E-state index is -0.170. The molecule has 0 radical (unpaired) electrons. The summed E-state index contributed by atoms with van der Waals surface area (Å²) in [6.45, 7) is 2.70. The van der Waals surface area contributed by atoms with Gasteiger partial charge in [0.25, 0.3) is 0 Å². The molecular weight excluding hydrogens is 365 g/mol. The van der Waals surface area contributed by atoms with E-state index in [1.54, 1.807) is 6.07 Å². The van der Waals surface area contributed by atoms with Crippen LogP contribution in [0.15, 0.2) is 30.9 Å². The number of carbonyl (C=O) groups excluding carboxylic acids is 1. The number of ether oxygens (including phenoxy) is 1. The summed E-state index contributed by atoms with van der Waals surface area (Å²) in [6, 6.07) is 5.50. The van der Waals surface area contributed by atoms with Crippen LogP contribution in [-0.2, 0) is 16.1 Å². The summed E-state index contributed by atoms with van der Waals surface area (Å²) in [7, 11) is 0. The van der Waals surface area contributed by atoms with Gasteiger partial charge in [-0.05, 0) is 17.7 Å². The Hall–Kier alpha value is -1.67. The minimum absolute atomic E-state index is 0.0689. The van der Waals surface area contributed by atoms with Crippen LogP contribution >= 0.6 is 23.2 Å². The summed E-state index contributed by atoms with van der Waals surface area (Å²) >= 11 is 12.1. The Kier molecular flexibility index (Phi) is 6.25. The summed E-state index contributed by atoms with van der Waals surface area (Å²) < 4.78 is 7.47. The molecule has 1 amide bonds. The van der Waals surface area contributed by atoms with E-state index in [0.717, 1.165) is 18.7 Å². The third kappa shape index (κ3) is 4.92. The highest BCUT2D eigenvalue weighted by Crippen LogP contribution is 2.31. The van der Waals surface area contributed by atoms with Crippen molar-refractivity contribution in [3.05, 3.63) is 46.5 Å². The molecule has 7 nitrogen and oxygen atoms in total. The quantitative estimate of drug-likeness (QED) is 0.820. The fraction of sp³-hybridized carbons (Fsp3) is 0.438. The first kappa shape index (κ1) is 18.1. The molecule has 25 heavy (non-hydrogen) atoms. The van der Waals surface area contributed by atoms with Crippen molar-refractivity contribution in [3.63, 3.8) is 0 Å². The van der Waals surface area contributed by atoms with Crippen LogP contribution in [0.1, 0.15) is 11.7 Å². The summed E-state index contributed by atoms with van der Waals surface area (Å²) in [4.78, 5) is 15.9. The molecule has 2 heterocycles. The standard InChI is InChI=1S/C16H19Cl2N5O2/c17-13-2-1-11(5-14(13)18)16-12(6-19-3-4-25-16)7-21-15(24)8-23-10-20-9-22-23/h1-2,5,9-10,12,16,19H,3-4,6-8H2,(H,21,24). The number of halogens is 2. The Balaban J connectivity index is 1.65. The van der Waals surface area contributed by atoms with Crippen molar-refractivity contribution in [2.75, 3.05) is 26.2 Å². The fourth-order valence-corrected chi connectivity index (χ4v) is 3.09. The molecule has 0 aliphatic carbocycles. The molecule has 0 bridgehead atoms. The highest BCUT2D eigenvalue weighted by molar-refractivity contribution is 6.42. The number of hydrogen-bond donors (Lipinski definition) is 2.